The average molecular weight is 461 g/mol. The maximum atomic E-state index is 13.2. The van der Waals surface area contributed by atoms with E-state index in [2.05, 4.69) is 22.2 Å². The van der Waals surface area contributed by atoms with E-state index in [1.165, 1.54) is 0 Å². The van der Waals surface area contributed by atoms with Gasteiger partial charge in [-0.1, -0.05) is 30.3 Å². The quantitative estimate of drug-likeness (QED) is 0.491. The summed E-state index contributed by atoms with van der Waals surface area (Å²) in [6.45, 7) is 2.04. The molecule has 4 rings (SSSR count). The van der Waals surface area contributed by atoms with Crippen molar-refractivity contribution >= 4 is 17.6 Å². The molecular weight excluding hydrogens is 432 g/mol. The van der Waals surface area contributed by atoms with E-state index < -0.39 is 23.6 Å². The Balaban J connectivity index is 1.56. The van der Waals surface area contributed by atoms with Crippen LogP contribution >= 0.6 is 0 Å². The minimum absolute atomic E-state index is 0.145. The number of hydrogen-bond donors (Lipinski definition) is 2. The zero-order valence-corrected chi connectivity index (χ0v) is 19.1. The van der Waals surface area contributed by atoms with E-state index in [1.807, 2.05) is 36.4 Å². The molecule has 1 atom stereocenters. The predicted octanol–water partition coefficient (Wildman–Crippen LogP) is 1.47. The SMILES string of the molecule is CN1CCC(c2ccn(-c3ncccc3C(=O)NC(Cc3ccccc3)C(=O)C(N)=O)n2)CC1. The number of carbonyl (C=O) groups is 3. The van der Waals surface area contributed by atoms with Crippen LogP contribution in [-0.4, -0.2) is 63.4 Å². The molecule has 2 aromatic heterocycles. The molecule has 1 fully saturated rings. The highest BCUT2D eigenvalue weighted by Gasteiger charge is 2.27. The molecule has 1 aromatic carbocycles. The smallest absolute Gasteiger partial charge is 0.287 e. The number of Topliss-reactive ketones (excluding diaryl/α,β-unsaturated/α-hetero) is 1. The van der Waals surface area contributed by atoms with Crippen molar-refractivity contribution in [1.82, 2.24) is 25.0 Å². The summed E-state index contributed by atoms with van der Waals surface area (Å²) in [4.78, 5) is 43.9. The van der Waals surface area contributed by atoms with Gasteiger partial charge in [0.15, 0.2) is 5.82 Å². The number of nitrogens with zero attached hydrogens (tertiary/aromatic N) is 4. The summed E-state index contributed by atoms with van der Waals surface area (Å²) >= 11 is 0. The number of piperidine rings is 1. The van der Waals surface area contributed by atoms with E-state index in [4.69, 9.17) is 10.8 Å². The number of nitrogens with one attached hydrogen (secondary N) is 1. The summed E-state index contributed by atoms with van der Waals surface area (Å²) in [5, 5.41) is 7.37. The third kappa shape index (κ3) is 5.37. The van der Waals surface area contributed by atoms with E-state index in [0.29, 0.717) is 11.7 Å². The largest absolute Gasteiger partial charge is 0.363 e. The highest BCUT2D eigenvalue weighted by molar-refractivity contribution is 6.38. The predicted molar refractivity (Wildman–Crippen MR) is 126 cm³/mol. The van der Waals surface area contributed by atoms with Crippen LogP contribution in [0.5, 0.6) is 0 Å². The lowest BCUT2D eigenvalue weighted by Crippen LogP contribution is -2.47. The van der Waals surface area contributed by atoms with Gasteiger partial charge >= 0.3 is 0 Å². The molecule has 0 saturated carbocycles. The summed E-state index contributed by atoms with van der Waals surface area (Å²) in [5.74, 6) is -1.77. The number of primary amides is 1. The third-order valence-corrected chi connectivity index (χ3v) is 6.14. The van der Waals surface area contributed by atoms with Gasteiger partial charge in [0.2, 0.25) is 5.78 Å². The lowest BCUT2D eigenvalue weighted by Gasteiger charge is -2.27. The summed E-state index contributed by atoms with van der Waals surface area (Å²) in [6.07, 6.45) is 5.58. The molecule has 2 amide bonds. The summed E-state index contributed by atoms with van der Waals surface area (Å²) < 4.78 is 1.59. The van der Waals surface area contributed by atoms with Crippen molar-refractivity contribution in [2.45, 2.75) is 31.2 Å². The number of ketones is 1. The lowest BCUT2D eigenvalue weighted by molar-refractivity contribution is -0.137. The molecule has 9 nitrogen and oxygen atoms in total. The van der Waals surface area contributed by atoms with Crippen LogP contribution in [0.1, 0.15) is 40.4 Å². The van der Waals surface area contributed by atoms with Crippen molar-refractivity contribution < 1.29 is 14.4 Å². The van der Waals surface area contributed by atoms with Gasteiger partial charge < -0.3 is 16.0 Å². The lowest BCUT2D eigenvalue weighted by atomic mass is 9.94. The maximum absolute atomic E-state index is 13.2. The molecule has 176 valence electrons. The van der Waals surface area contributed by atoms with Gasteiger partial charge in [-0.3, -0.25) is 14.4 Å². The number of aromatic nitrogens is 3. The Morgan fingerprint density at radius 1 is 1.09 bits per heavy atom. The van der Waals surface area contributed by atoms with Crippen molar-refractivity contribution in [3.8, 4) is 5.82 Å². The summed E-state index contributed by atoms with van der Waals surface area (Å²) in [5.41, 5.74) is 7.25. The minimum Gasteiger partial charge on any atom is -0.363 e. The van der Waals surface area contributed by atoms with Crippen LogP contribution in [0.15, 0.2) is 60.9 Å². The van der Waals surface area contributed by atoms with Crippen molar-refractivity contribution in [1.29, 1.82) is 0 Å². The summed E-state index contributed by atoms with van der Waals surface area (Å²) in [6, 6.07) is 13.2. The minimum atomic E-state index is -1.09. The summed E-state index contributed by atoms with van der Waals surface area (Å²) in [7, 11) is 2.11. The fourth-order valence-corrected chi connectivity index (χ4v) is 4.20. The van der Waals surface area contributed by atoms with E-state index in [0.717, 1.165) is 37.2 Å². The number of rotatable bonds is 8. The number of nitrogens with two attached hydrogens (primary N) is 1. The van der Waals surface area contributed by atoms with E-state index in [9.17, 15) is 14.4 Å². The number of benzene rings is 1. The Labute approximate surface area is 198 Å². The molecule has 3 aromatic rings. The second kappa shape index (κ2) is 10.4. The Morgan fingerprint density at radius 2 is 1.82 bits per heavy atom. The van der Waals surface area contributed by atoms with Crippen LogP contribution in [0.4, 0.5) is 0 Å². The van der Waals surface area contributed by atoms with Gasteiger partial charge in [-0.15, -0.1) is 0 Å². The average Bonchev–Trinajstić information content (AvgIpc) is 3.34. The first kappa shape index (κ1) is 23.3. The molecule has 0 bridgehead atoms. The first-order chi connectivity index (χ1) is 16.4. The van der Waals surface area contributed by atoms with Crippen LogP contribution < -0.4 is 11.1 Å². The molecule has 1 aliphatic heterocycles. The van der Waals surface area contributed by atoms with E-state index in [1.54, 1.807) is 29.2 Å². The first-order valence-electron chi connectivity index (χ1n) is 11.3. The Morgan fingerprint density at radius 3 is 2.53 bits per heavy atom. The van der Waals surface area contributed by atoms with E-state index in [-0.39, 0.29) is 12.0 Å². The van der Waals surface area contributed by atoms with Crippen LogP contribution in [0.2, 0.25) is 0 Å². The van der Waals surface area contributed by atoms with Gasteiger partial charge in [-0.2, -0.15) is 5.10 Å². The van der Waals surface area contributed by atoms with Crippen molar-refractivity contribution in [2.75, 3.05) is 20.1 Å². The highest BCUT2D eigenvalue weighted by Crippen LogP contribution is 2.26. The number of carbonyl (C=O) groups excluding carboxylic acids is 3. The molecule has 3 N–H and O–H groups in total. The van der Waals surface area contributed by atoms with Crippen LogP contribution in [0.3, 0.4) is 0 Å². The van der Waals surface area contributed by atoms with Crippen molar-refractivity contribution in [3.05, 3.63) is 77.7 Å². The van der Waals surface area contributed by atoms with Crippen LogP contribution in [-0.2, 0) is 16.0 Å². The molecule has 0 aliphatic carbocycles. The van der Waals surface area contributed by atoms with Gasteiger partial charge in [0.05, 0.1) is 11.3 Å². The molecule has 0 radical (unpaired) electrons. The molecular formula is C25H28N6O3. The molecule has 3 heterocycles. The molecule has 1 aliphatic rings. The van der Waals surface area contributed by atoms with Crippen molar-refractivity contribution in [3.63, 3.8) is 0 Å². The van der Waals surface area contributed by atoms with E-state index >= 15 is 0 Å². The Kier molecular flexibility index (Phi) is 7.12. The van der Waals surface area contributed by atoms with Crippen LogP contribution in [0, 0.1) is 0 Å². The Bertz CT molecular complexity index is 1170. The molecule has 9 heteroatoms. The second-order valence-electron chi connectivity index (χ2n) is 8.58. The van der Waals surface area contributed by atoms with Gasteiger partial charge in [-0.05, 0) is 56.7 Å². The zero-order chi connectivity index (χ0) is 24.1. The monoisotopic (exact) mass is 460 g/mol. The van der Waals surface area contributed by atoms with Gasteiger partial charge in [0, 0.05) is 24.7 Å². The molecule has 1 saturated heterocycles. The standard InChI is InChI=1S/C25H28N6O3/c1-30-13-9-18(10-14-30)20-11-15-31(29-20)24-19(8-5-12-27-24)25(34)28-21(22(32)23(26)33)16-17-6-3-2-4-7-17/h2-8,11-12,15,18,21H,9-10,13-14,16H2,1H3,(H2,26,33)(H,28,34). The fraction of sp³-hybridized carbons (Fsp3) is 0.320. The zero-order valence-electron chi connectivity index (χ0n) is 19.1. The maximum Gasteiger partial charge on any atom is 0.287 e. The highest BCUT2D eigenvalue weighted by atomic mass is 16.2. The molecule has 1 unspecified atom stereocenters. The van der Waals surface area contributed by atoms with Gasteiger partial charge in [0.25, 0.3) is 11.8 Å². The van der Waals surface area contributed by atoms with Gasteiger partial charge in [-0.25, -0.2) is 9.67 Å². The normalized spacial score (nSPS) is 15.6. The first-order valence-corrected chi connectivity index (χ1v) is 11.3. The molecule has 34 heavy (non-hydrogen) atoms. The number of pyridine rings is 1. The topological polar surface area (TPSA) is 123 Å². The third-order valence-electron chi connectivity index (χ3n) is 6.14. The molecule has 0 spiro atoms. The van der Waals surface area contributed by atoms with Gasteiger partial charge in [0.1, 0.15) is 6.04 Å². The van der Waals surface area contributed by atoms with Crippen LogP contribution in [0.25, 0.3) is 5.82 Å². The number of likely N-dealkylation sites (tertiary alicyclic amines) is 1. The number of hydrogen-bond acceptors (Lipinski definition) is 6. The number of amides is 2. The Hall–Kier alpha value is -3.85. The van der Waals surface area contributed by atoms with Crippen molar-refractivity contribution in [2.24, 2.45) is 5.73 Å². The second-order valence-corrected chi connectivity index (χ2v) is 8.58. The fourth-order valence-electron chi connectivity index (χ4n) is 4.20.